The molecule has 0 aromatic carbocycles. The summed E-state index contributed by atoms with van der Waals surface area (Å²) in [7, 11) is 0. The molecule has 0 aromatic rings. The quantitative estimate of drug-likeness (QED) is 0.810. The molecule has 1 heterocycles. The Morgan fingerprint density at radius 2 is 2.18 bits per heavy atom. The lowest BCUT2D eigenvalue weighted by atomic mass is 9.99. The van der Waals surface area contributed by atoms with E-state index < -0.39 is 6.04 Å². The van der Waals surface area contributed by atoms with Crippen LogP contribution in [0.1, 0.15) is 46.0 Å². The molecule has 1 unspecified atom stereocenters. The second-order valence-corrected chi connectivity index (χ2v) is 5.55. The van der Waals surface area contributed by atoms with Crippen LogP contribution in [0.5, 0.6) is 0 Å². The molecule has 1 fully saturated rings. The maximum atomic E-state index is 12.9. The van der Waals surface area contributed by atoms with Gasteiger partial charge in [-0.15, -0.1) is 0 Å². The summed E-state index contributed by atoms with van der Waals surface area (Å²) in [6, 6.07) is -0.611. The molecule has 0 saturated carbocycles. The van der Waals surface area contributed by atoms with Crippen molar-refractivity contribution < 1.29 is 14.4 Å². The highest BCUT2D eigenvalue weighted by molar-refractivity contribution is 6.04. The summed E-state index contributed by atoms with van der Waals surface area (Å²) >= 11 is 0. The molecule has 118 valence electrons. The predicted molar refractivity (Wildman–Crippen MR) is 83.5 cm³/mol. The van der Waals surface area contributed by atoms with Gasteiger partial charge < -0.3 is 4.90 Å². The van der Waals surface area contributed by atoms with Crippen molar-refractivity contribution in [2.75, 3.05) is 0 Å². The zero-order valence-electron chi connectivity index (χ0n) is 13.1. The van der Waals surface area contributed by atoms with E-state index in [9.17, 15) is 14.4 Å². The molecule has 2 rings (SSSR count). The fraction of sp³-hybridized carbons (Fsp3) is 0.471. The summed E-state index contributed by atoms with van der Waals surface area (Å²) in [4.78, 5) is 37.9. The fourth-order valence-corrected chi connectivity index (χ4v) is 2.81. The van der Waals surface area contributed by atoms with Crippen LogP contribution in [0.25, 0.3) is 0 Å². The van der Waals surface area contributed by atoms with E-state index in [1.54, 1.807) is 4.90 Å². The van der Waals surface area contributed by atoms with Crippen molar-refractivity contribution in [3.05, 3.63) is 35.6 Å². The Bertz CT molecular complexity index is 572. The minimum atomic E-state index is -0.611. The van der Waals surface area contributed by atoms with Gasteiger partial charge in [-0.2, -0.15) is 0 Å². The largest absolute Gasteiger partial charge is 0.301 e. The average Bonchev–Trinajstić information content (AvgIpc) is 2.51. The zero-order chi connectivity index (χ0) is 16.1. The maximum Gasteiger partial charge on any atom is 0.254 e. The first-order valence-corrected chi connectivity index (χ1v) is 7.74. The Balaban J connectivity index is 2.30. The second-order valence-electron chi connectivity index (χ2n) is 5.55. The molecule has 22 heavy (non-hydrogen) atoms. The number of carbonyl (C=O) groups is 3. The van der Waals surface area contributed by atoms with Crippen molar-refractivity contribution in [2.24, 2.45) is 0 Å². The number of rotatable bonds is 4. The van der Waals surface area contributed by atoms with Gasteiger partial charge in [0.25, 0.3) is 5.91 Å². The first-order chi connectivity index (χ1) is 10.5. The van der Waals surface area contributed by atoms with Gasteiger partial charge >= 0.3 is 0 Å². The molecule has 0 radical (unpaired) electrons. The number of allylic oxidation sites excluding steroid dienone is 5. The van der Waals surface area contributed by atoms with Crippen LogP contribution >= 0.6 is 0 Å². The fourth-order valence-electron chi connectivity index (χ4n) is 2.81. The number of imide groups is 1. The summed E-state index contributed by atoms with van der Waals surface area (Å²) in [5, 5.41) is 2.33. The van der Waals surface area contributed by atoms with E-state index in [2.05, 4.69) is 5.32 Å². The van der Waals surface area contributed by atoms with Gasteiger partial charge in [-0.1, -0.05) is 31.2 Å². The minimum Gasteiger partial charge on any atom is -0.301 e. The predicted octanol–water partition coefficient (Wildman–Crippen LogP) is 2.21. The third kappa shape index (κ3) is 3.53. The Kier molecular flexibility index (Phi) is 5.31. The first kappa shape index (κ1) is 16.2. The van der Waals surface area contributed by atoms with Crippen molar-refractivity contribution in [1.29, 1.82) is 0 Å². The summed E-state index contributed by atoms with van der Waals surface area (Å²) < 4.78 is 0. The topological polar surface area (TPSA) is 66.5 Å². The molecule has 1 atom stereocenters. The van der Waals surface area contributed by atoms with Crippen LogP contribution in [0, 0.1) is 0 Å². The van der Waals surface area contributed by atoms with Gasteiger partial charge in [0, 0.05) is 17.7 Å². The third-order valence-corrected chi connectivity index (χ3v) is 3.91. The number of amides is 3. The van der Waals surface area contributed by atoms with Gasteiger partial charge in [0.2, 0.25) is 11.8 Å². The Morgan fingerprint density at radius 3 is 2.77 bits per heavy atom. The number of hydrogen-bond acceptors (Lipinski definition) is 3. The molecule has 0 spiro atoms. The molecule has 1 N–H and O–H groups in total. The normalized spacial score (nSPS) is 22.2. The molecular weight excluding hydrogens is 280 g/mol. The summed E-state index contributed by atoms with van der Waals surface area (Å²) in [5.74, 6) is -0.799. The van der Waals surface area contributed by atoms with Crippen LogP contribution in [0.15, 0.2) is 35.6 Å². The van der Waals surface area contributed by atoms with Crippen molar-refractivity contribution >= 4 is 17.7 Å². The second kappa shape index (κ2) is 7.20. The number of nitrogens with one attached hydrogen (secondary N) is 1. The van der Waals surface area contributed by atoms with Crippen molar-refractivity contribution in [3.8, 4) is 0 Å². The number of nitrogens with zero attached hydrogens (tertiary/aromatic N) is 1. The highest BCUT2D eigenvalue weighted by atomic mass is 16.2. The molecule has 5 nitrogen and oxygen atoms in total. The number of carbonyl (C=O) groups excluding carboxylic acids is 3. The maximum absolute atomic E-state index is 12.9. The Labute approximate surface area is 130 Å². The molecule has 1 aliphatic heterocycles. The Hall–Kier alpha value is -2.17. The monoisotopic (exact) mass is 302 g/mol. The van der Waals surface area contributed by atoms with Gasteiger partial charge in [0.05, 0.1) is 0 Å². The SMILES string of the molecule is CC/C=C(/C)N(C(=O)C1=CC=CCC1)C1CCC(=O)NC1=O. The smallest absolute Gasteiger partial charge is 0.254 e. The highest BCUT2D eigenvalue weighted by Gasteiger charge is 2.36. The van der Waals surface area contributed by atoms with Gasteiger partial charge in [-0.3, -0.25) is 19.7 Å². The van der Waals surface area contributed by atoms with Crippen molar-refractivity contribution in [3.63, 3.8) is 0 Å². The first-order valence-electron chi connectivity index (χ1n) is 7.74. The van der Waals surface area contributed by atoms with E-state index in [0.717, 1.165) is 18.5 Å². The molecule has 5 heteroatoms. The molecule has 1 aliphatic carbocycles. The standard InChI is InChI=1S/C17H22N2O3/c1-3-7-12(2)19(14-10-11-15(20)18-16(14)21)17(22)13-8-5-4-6-9-13/h4-5,7-8,14H,3,6,9-11H2,1-2H3,(H,18,20,21)/b12-7-. The van der Waals surface area contributed by atoms with Crippen LogP contribution in [0.3, 0.4) is 0 Å². The van der Waals surface area contributed by atoms with E-state index in [1.807, 2.05) is 38.2 Å². The number of piperidine rings is 1. The van der Waals surface area contributed by atoms with Crippen LogP contribution in [0.4, 0.5) is 0 Å². The van der Waals surface area contributed by atoms with Gasteiger partial charge in [-0.05, 0) is 32.6 Å². The molecule has 0 bridgehead atoms. The van der Waals surface area contributed by atoms with Gasteiger partial charge in [-0.25, -0.2) is 0 Å². The van der Waals surface area contributed by atoms with Crippen LogP contribution in [0.2, 0.25) is 0 Å². The lowest BCUT2D eigenvalue weighted by Gasteiger charge is -2.34. The minimum absolute atomic E-state index is 0.138. The summed E-state index contributed by atoms with van der Waals surface area (Å²) in [6.07, 6.45) is 10.6. The van der Waals surface area contributed by atoms with E-state index in [1.165, 1.54) is 0 Å². The van der Waals surface area contributed by atoms with E-state index in [0.29, 0.717) is 18.4 Å². The van der Waals surface area contributed by atoms with Crippen molar-refractivity contribution in [2.45, 2.75) is 52.0 Å². The molecule has 1 saturated heterocycles. The molecule has 0 aromatic heterocycles. The van der Waals surface area contributed by atoms with Crippen molar-refractivity contribution in [1.82, 2.24) is 10.2 Å². The van der Waals surface area contributed by atoms with Gasteiger partial charge in [0.1, 0.15) is 6.04 Å². The van der Waals surface area contributed by atoms with Crippen LogP contribution < -0.4 is 5.32 Å². The zero-order valence-corrected chi connectivity index (χ0v) is 13.1. The summed E-state index contributed by atoms with van der Waals surface area (Å²) in [6.45, 7) is 3.82. The molecular formula is C17H22N2O3. The number of hydrogen-bond donors (Lipinski definition) is 1. The van der Waals surface area contributed by atoms with Crippen LogP contribution in [-0.2, 0) is 14.4 Å². The van der Waals surface area contributed by atoms with E-state index in [-0.39, 0.29) is 24.1 Å². The highest BCUT2D eigenvalue weighted by Crippen LogP contribution is 2.23. The average molecular weight is 302 g/mol. The van der Waals surface area contributed by atoms with Crippen LogP contribution in [-0.4, -0.2) is 28.7 Å². The molecule has 3 amide bonds. The van der Waals surface area contributed by atoms with E-state index >= 15 is 0 Å². The van der Waals surface area contributed by atoms with E-state index in [4.69, 9.17) is 0 Å². The summed E-state index contributed by atoms with van der Waals surface area (Å²) in [5.41, 5.74) is 1.47. The Morgan fingerprint density at radius 1 is 1.41 bits per heavy atom. The third-order valence-electron chi connectivity index (χ3n) is 3.91. The molecule has 2 aliphatic rings. The lowest BCUT2D eigenvalue weighted by Crippen LogP contribution is -2.53. The lowest BCUT2D eigenvalue weighted by molar-refractivity contribution is -0.142. The van der Waals surface area contributed by atoms with Gasteiger partial charge in [0.15, 0.2) is 0 Å².